The van der Waals surface area contributed by atoms with E-state index in [0.29, 0.717) is 38.1 Å². The van der Waals surface area contributed by atoms with Gasteiger partial charge in [-0.3, -0.25) is 9.59 Å². The first-order chi connectivity index (χ1) is 10.4. The third-order valence-electron chi connectivity index (χ3n) is 4.97. The Labute approximate surface area is 133 Å². The average molecular weight is 310 g/mol. The first-order valence-corrected chi connectivity index (χ1v) is 8.67. The largest absolute Gasteiger partial charge is 0.389 e. The van der Waals surface area contributed by atoms with Crippen molar-refractivity contribution in [3.05, 3.63) is 0 Å². The summed E-state index contributed by atoms with van der Waals surface area (Å²) in [5.74, 6) is 0.133. The molecule has 0 aliphatic heterocycles. The molecule has 5 nitrogen and oxygen atoms in total. The maximum atomic E-state index is 12.5. The van der Waals surface area contributed by atoms with Gasteiger partial charge in [-0.25, -0.2) is 0 Å². The molecule has 3 N–H and O–H groups in total. The lowest BCUT2D eigenvalue weighted by Crippen LogP contribution is -2.58. The Hall–Kier alpha value is -1.10. The third-order valence-corrected chi connectivity index (χ3v) is 4.97. The van der Waals surface area contributed by atoms with Gasteiger partial charge < -0.3 is 15.7 Å². The Morgan fingerprint density at radius 2 is 1.59 bits per heavy atom. The van der Waals surface area contributed by atoms with Gasteiger partial charge in [0.1, 0.15) is 5.54 Å². The topological polar surface area (TPSA) is 78.4 Å². The van der Waals surface area contributed by atoms with Crippen LogP contribution >= 0.6 is 0 Å². The molecule has 5 heteroatoms. The van der Waals surface area contributed by atoms with Crippen LogP contribution in [-0.4, -0.2) is 34.6 Å². The van der Waals surface area contributed by atoms with E-state index in [-0.39, 0.29) is 18.2 Å². The van der Waals surface area contributed by atoms with E-state index in [0.717, 1.165) is 25.7 Å². The minimum atomic E-state index is -0.863. The molecule has 0 aromatic heterocycles. The van der Waals surface area contributed by atoms with Crippen molar-refractivity contribution in [2.75, 3.05) is 6.54 Å². The summed E-state index contributed by atoms with van der Waals surface area (Å²) in [6.45, 7) is 4.73. The van der Waals surface area contributed by atoms with Crippen LogP contribution in [0.3, 0.4) is 0 Å². The van der Waals surface area contributed by atoms with Gasteiger partial charge in [-0.2, -0.15) is 0 Å². The Morgan fingerprint density at radius 1 is 1.05 bits per heavy atom. The molecule has 22 heavy (non-hydrogen) atoms. The Kier molecular flexibility index (Phi) is 5.48. The maximum Gasteiger partial charge on any atom is 0.245 e. The van der Waals surface area contributed by atoms with E-state index in [1.54, 1.807) is 0 Å². The second-order valence-electron chi connectivity index (χ2n) is 7.55. The van der Waals surface area contributed by atoms with Crippen molar-refractivity contribution in [3.8, 4) is 0 Å². The third kappa shape index (κ3) is 4.22. The van der Waals surface area contributed by atoms with Crippen LogP contribution in [0.15, 0.2) is 0 Å². The number of carbonyl (C=O) groups is 2. The van der Waals surface area contributed by atoms with Crippen molar-refractivity contribution < 1.29 is 14.7 Å². The normalized spacial score (nSPS) is 22.7. The first kappa shape index (κ1) is 17.3. The fourth-order valence-corrected chi connectivity index (χ4v) is 3.67. The van der Waals surface area contributed by atoms with Crippen molar-refractivity contribution in [2.45, 2.75) is 82.8 Å². The zero-order chi connectivity index (χ0) is 16.2. The second kappa shape index (κ2) is 6.99. The number of rotatable bonds is 6. The Balaban J connectivity index is 1.95. The molecule has 0 spiro atoms. The van der Waals surface area contributed by atoms with Crippen LogP contribution in [0.25, 0.3) is 0 Å². The van der Waals surface area contributed by atoms with Crippen molar-refractivity contribution in [3.63, 3.8) is 0 Å². The molecule has 2 rings (SSSR count). The van der Waals surface area contributed by atoms with Gasteiger partial charge >= 0.3 is 0 Å². The molecule has 0 aromatic rings. The number of carbonyl (C=O) groups excluding carboxylic acids is 2. The molecule has 2 aliphatic carbocycles. The van der Waals surface area contributed by atoms with E-state index in [1.165, 1.54) is 0 Å². The van der Waals surface area contributed by atoms with Crippen LogP contribution in [0.2, 0.25) is 0 Å². The fraction of sp³-hybridized carbons (Fsp3) is 0.882. The summed E-state index contributed by atoms with van der Waals surface area (Å²) in [6, 6.07) is 0. The van der Waals surface area contributed by atoms with Gasteiger partial charge in [-0.05, 0) is 31.6 Å². The van der Waals surface area contributed by atoms with Gasteiger partial charge in [-0.15, -0.1) is 0 Å². The van der Waals surface area contributed by atoms with Crippen molar-refractivity contribution in [1.29, 1.82) is 0 Å². The number of nitrogens with one attached hydrogen (secondary N) is 2. The number of hydrogen-bond acceptors (Lipinski definition) is 3. The SMILES string of the molecule is CC(C)CNC(=O)C1(NC(=O)CC2(O)CCCC2)CCCC1. The van der Waals surface area contributed by atoms with Gasteiger partial charge in [0.25, 0.3) is 0 Å². The van der Waals surface area contributed by atoms with Crippen LogP contribution in [0, 0.1) is 5.92 Å². The molecule has 0 heterocycles. The molecule has 0 bridgehead atoms. The minimum Gasteiger partial charge on any atom is -0.389 e. The van der Waals surface area contributed by atoms with Gasteiger partial charge in [-0.1, -0.05) is 39.5 Å². The van der Waals surface area contributed by atoms with Crippen molar-refractivity contribution in [1.82, 2.24) is 10.6 Å². The van der Waals surface area contributed by atoms with Gasteiger partial charge in [0.05, 0.1) is 12.0 Å². The highest BCUT2D eigenvalue weighted by molar-refractivity contribution is 5.92. The summed E-state index contributed by atoms with van der Waals surface area (Å²) in [5.41, 5.74) is -1.63. The van der Waals surface area contributed by atoms with Gasteiger partial charge in [0.2, 0.25) is 11.8 Å². The summed E-state index contributed by atoms with van der Waals surface area (Å²) >= 11 is 0. The van der Waals surface area contributed by atoms with E-state index in [4.69, 9.17) is 0 Å². The zero-order valence-corrected chi connectivity index (χ0v) is 13.9. The number of aliphatic hydroxyl groups is 1. The molecule has 2 amide bonds. The molecule has 0 radical (unpaired) electrons. The zero-order valence-electron chi connectivity index (χ0n) is 13.9. The summed E-state index contributed by atoms with van der Waals surface area (Å²) in [6.07, 6.45) is 6.75. The second-order valence-corrected chi connectivity index (χ2v) is 7.55. The van der Waals surface area contributed by atoms with Crippen LogP contribution in [-0.2, 0) is 9.59 Å². The molecule has 126 valence electrons. The highest BCUT2D eigenvalue weighted by Crippen LogP contribution is 2.34. The van der Waals surface area contributed by atoms with E-state index in [1.807, 2.05) is 0 Å². The standard InChI is InChI=1S/C17H30N2O3/c1-13(2)12-18-15(21)17(9-5-6-10-17)19-14(20)11-16(22)7-3-4-8-16/h13,22H,3-12H2,1-2H3,(H,18,21)(H,19,20). The lowest BCUT2D eigenvalue weighted by atomic mass is 9.93. The summed E-state index contributed by atoms with van der Waals surface area (Å²) in [7, 11) is 0. The molecule has 0 unspecified atom stereocenters. The quantitative estimate of drug-likeness (QED) is 0.701. The summed E-state index contributed by atoms with van der Waals surface area (Å²) < 4.78 is 0. The Bertz CT molecular complexity index is 408. The molecule has 0 atom stereocenters. The molecule has 2 aliphatic rings. The number of amides is 2. The molecule has 2 saturated carbocycles. The fourth-order valence-electron chi connectivity index (χ4n) is 3.67. The summed E-state index contributed by atoms with van der Waals surface area (Å²) in [5, 5.41) is 16.3. The lowest BCUT2D eigenvalue weighted by molar-refractivity contribution is -0.135. The van der Waals surface area contributed by atoms with Crippen LogP contribution in [0.5, 0.6) is 0 Å². The van der Waals surface area contributed by atoms with E-state index in [9.17, 15) is 14.7 Å². The molecule has 2 fully saturated rings. The van der Waals surface area contributed by atoms with E-state index < -0.39 is 11.1 Å². The molecule has 0 aromatic carbocycles. The van der Waals surface area contributed by atoms with E-state index >= 15 is 0 Å². The Morgan fingerprint density at radius 3 is 2.14 bits per heavy atom. The maximum absolute atomic E-state index is 12.5. The molecular formula is C17H30N2O3. The molecule has 0 saturated heterocycles. The summed E-state index contributed by atoms with van der Waals surface area (Å²) in [4.78, 5) is 24.9. The minimum absolute atomic E-state index is 0.0644. The smallest absolute Gasteiger partial charge is 0.245 e. The van der Waals surface area contributed by atoms with Gasteiger partial charge in [0.15, 0.2) is 0 Å². The van der Waals surface area contributed by atoms with Crippen LogP contribution in [0.4, 0.5) is 0 Å². The first-order valence-electron chi connectivity index (χ1n) is 8.67. The highest BCUT2D eigenvalue weighted by atomic mass is 16.3. The average Bonchev–Trinajstić information content (AvgIpc) is 3.06. The highest BCUT2D eigenvalue weighted by Gasteiger charge is 2.43. The van der Waals surface area contributed by atoms with Crippen LogP contribution in [0.1, 0.15) is 71.6 Å². The van der Waals surface area contributed by atoms with Crippen LogP contribution < -0.4 is 10.6 Å². The van der Waals surface area contributed by atoms with Crippen molar-refractivity contribution >= 4 is 11.8 Å². The predicted octanol–water partition coefficient (Wildman–Crippen LogP) is 1.88. The van der Waals surface area contributed by atoms with Crippen molar-refractivity contribution in [2.24, 2.45) is 5.92 Å². The van der Waals surface area contributed by atoms with Gasteiger partial charge in [0, 0.05) is 6.54 Å². The number of hydrogen-bond donors (Lipinski definition) is 3. The lowest BCUT2D eigenvalue weighted by Gasteiger charge is -2.31. The predicted molar refractivity (Wildman–Crippen MR) is 85.2 cm³/mol. The monoisotopic (exact) mass is 310 g/mol. The molecular weight excluding hydrogens is 280 g/mol. The van der Waals surface area contributed by atoms with E-state index in [2.05, 4.69) is 24.5 Å².